The summed E-state index contributed by atoms with van der Waals surface area (Å²) in [5.74, 6) is -0.280. The molecular weight excluding hydrogens is 206 g/mol. The molecule has 0 aliphatic heterocycles. The SMILES string of the molecule is CC(C)(C)OC[C@@H](N)CC(=O)OC(C)(C)C. The monoisotopic (exact) mass is 231 g/mol. The van der Waals surface area contributed by atoms with Gasteiger partial charge in [0.1, 0.15) is 5.60 Å². The van der Waals surface area contributed by atoms with Gasteiger partial charge in [0.15, 0.2) is 0 Å². The molecule has 1 atom stereocenters. The summed E-state index contributed by atoms with van der Waals surface area (Å²) in [5.41, 5.74) is 5.09. The second kappa shape index (κ2) is 5.64. The maximum absolute atomic E-state index is 11.4. The van der Waals surface area contributed by atoms with Crippen molar-refractivity contribution in [2.24, 2.45) is 5.73 Å². The van der Waals surface area contributed by atoms with Crippen LogP contribution in [0, 0.1) is 0 Å². The molecule has 0 rings (SSSR count). The molecule has 0 aliphatic rings. The summed E-state index contributed by atoms with van der Waals surface area (Å²) in [7, 11) is 0. The van der Waals surface area contributed by atoms with Gasteiger partial charge in [-0.1, -0.05) is 0 Å². The number of ether oxygens (including phenoxy) is 2. The maximum atomic E-state index is 11.4. The number of hydrogen-bond donors (Lipinski definition) is 1. The van der Waals surface area contributed by atoms with Crippen LogP contribution in [0.5, 0.6) is 0 Å². The highest BCUT2D eigenvalue weighted by molar-refractivity contribution is 5.70. The summed E-state index contributed by atoms with van der Waals surface area (Å²) in [5, 5.41) is 0. The van der Waals surface area contributed by atoms with Crippen molar-refractivity contribution in [3.8, 4) is 0 Å². The van der Waals surface area contributed by atoms with E-state index in [1.54, 1.807) is 0 Å². The largest absolute Gasteiger partial charge is 0.460 e. The fourth-order valence-corrected chi connectivity index (χ4v) is 1.01. The molecule has 0 fully saturated rings. The van der Waals surface area contributed by atoms with E-state index in [1.807, 2.05) is 41.5 Å². The minimum atomic E-state index is -0.457. The van der Waals surface area contributed by atoms with Gasteiger partial charge in [-0.05, 0) is 41.5 Å². The van der Waals surface area contributed by atoms with Crippen molar-refractivity contribution in [2.75, 3.05) is 6.61 Å². The first kappa shape index (κ1) is 15.4. The van der Waals surface area contributed by atoms with Crippen LogP contribution in [0.25, 0.3) is 0 Å². The molecule has 4 heteroatoms. The van der Waals surface area contributed by atoms with E-state index in [-0.39, 0.29) is 24.0 Å². The smallest absolute Gasteiger partial charge is 0.307 e. The molecule has 0 aromatic carbocycles. The van der Waals surface area contributed by atoms with Crippen LogP contribution in [0.1, 0.15) is 48.0 Å². The van der Waals surface area contributed by atoms with E-state index in [9.17, 15) is 4.79 Å². The molecule has 0 aromatic heterocycles. The van der Waals surface area contributed by atoms with Crippen LogP contribution < -0.4 is 5.73 Å². The van der Waals surface area contributed by atoms with Crippen LogP contribution in [0.3, 0.4) is 0 Å². The van der Waals surface area contributed by atoms with Crippen molar-refractivity contribution in [3.63, 3.8) is 0 Å². The van der Waals surface area contributed by atoms with Crippen molar-refractivity contribution < 1.29 is 14.3 Å². The molecule has 0 amide bonds. The number of nitrogens with two attached hydrogens (primary N) is 1. The normalized spacial score (nSPS) is 14.7. The molecule has 0 saturated carbocycles. The van der Waals surface area contributed by atoms with Gasteiger partial charge in [-0.2, -0.15) is 0 Å². The molecule has 0 aromatic rings. The average molecular weight is 231 g/mol. The van der Waals surface area contributed by atoms with E-state index in [0.717, 1.165) is 0 Å². The molecule has 0 saturated heterocycles. The molecule has 0 spiro atoms. The minimum Gasteiger partial charge on any atom is -0.460 e. The van der Waals surface area contributed by atoms with E-state index < -0.39 is 5.60 Å². The van der Waals surface area contributed by atoms with Crippen molar-refractivity contribution >= 4 is 5.97 Å². The highest BCUT2D eigenvalue weighted by atomic mass is 16.6. The van der Waals surface area contributed by atoms with Gasteiger partial charge in [0.2, 0.25) is 0 Å². The summed E-state index contributed by atoms with van der Waals surface area (Å²) in [6, 6.07) is -0.311. The van der Waals surface area contributed by atoms with Crippen LogP contribution in [-0.4, -0.2) is 29.8 Å². The number of hydrogen-bond acceptors (Lipinski definition) is 4. The van der Waals surface area contributed by atoms with E-state index >= 15 is 0 Å². The number of esters is 1. The van der Waals surface area contributed by atoms with Crippen molar-refractivity contribution in [2.45, 2.75) is 65.2 Å². The van der Waals surface area contributed by atoms with Gasteiger partial charge in [-0.3, -0.25) is 4.79 Å². The standard InChI is InChI=1S/C12H25NO3/c1-11(2,3)15-8-9(13)7-10(14)16-12(4,5)6/h9H,7-8,13H2,1-6H3/t9-/m0/s1. The highest BCUT2D eigenvalue weighted by Crippen LogP contribution is 2.11. The summed E-state index contributed by atoms with van der Waals surface area (Å²) in [6.45, 7) is 11.7. The average Bonchev–Trinajstić information content (AvgIpc) is 1.95. The highest BCUT2D eigenvalue weighted by Gasteiger charge is 2.20. The van der Waals surface area contributed by atoms with Crippen LogP contribution in [0.2, 0.25) is 0 Å². The maximum Gasteiger partial charge on any atom is 0.307 e. The van der Waals surface area contributed by atoms with Gasteiger partial charge < -0.3 is 15.2 Å². The Morgan fingerprint density at radius 1 is 1.12 bits per heavy atom. The van der Waals surface area contributed by atoms with Gasteiger partial charge in [-0.25, -0.2) is 0 Å². The Balaban J connectivity index is 3.88. The van der Waals surface area contributed by atoms with Crippen molar-refractivity contribution in [1.82, 2.24) is 0 Å². The second-order valence-electron chi connectivity index (χ2n) is 5.97. The van der Waals surface area contributed by atoms with Gasteiger partial charge in [0.25, 0.3) is 0 Å². The molecule has 0 heterocycles. The lowest BCUT2D eigenvalue weighted by Crippen LogP contribution is -2.35. The lowest BCUT2D eigenvalue weighted by Gasteiger charge is -2.24. The van der Waals surface area contributed by atoms with E-state index in [1.165, 1.54) is 0 Å². The third-order valence-corrected chi connectivity index (χ3v) is 1.58. The Hall–Kier alpha value is -0.610. The van der Waals surface area contributed by atoms with Crippen molar-refractivity contribution in [3.05, 3.63) is 0 Å². The molecule has 0 aliphatic carbocycles. The predicted octanol–water partition coefficient (Wildman–Crippen LogP) is 1.86. The molecule has 0 bridgehead atoms. The molecular formula is C12H25NO3. The zero-order valence-electron chi connectivity index (χ0n) is 11.3. The molecule has 16 heavy (non-hydrogen) atoms. The number of rotatable bonds is 4. The molecule has 0 radical (unpaired) electrons. The fraction of sp³-hybridized carbons (Fsp3) is 0.917. The lowest BCUT2D eigenvalue weighted by atomic mass is 10.1. The molecule has 2 N–H and O–H groups in total. The zero-order valence-corrected chi connectivity index (χ0v) is 11.3. The quantitative estimate of drug-likeness (QED) is 0.750. The third kappa shape index (κ3) is 9.93. The molecule has 4 nitrogen and oxygen atoms in total. The Morgan fingerprint density at radius 3 is 2.00 bits per heavy atom. The van der Waals surface area contributed by atoms with E-state index in [4.69, 9.17) is 15.2 Å². The van der Waals surface area contributed by atoms with Gasteiger partial charge >= 0.3 is 5.97 Å². The van der Waals surface area contributed by atoms with Crippen LogP contribution in [-0.2, 0) is 14.3 Å². The van der Waals surface area contributed by atoms with Gasteiger partial charge in [0, 0.05) is 6.04 Å². The number of carbonyl (C=O) groups excluding carboxylic acids is 1. The van der Waals surface area contributed by atoms with Gasteiger partial charge in [-0.15, -0.1) is 0 Å². The van der Waals surface area contributed by atoms with E-state index in [2.05, 4.69) is 0 Å². The first-order chi connectivity index (χ1) is 6.99. The topological polar surface area (TPSA) is 61.5 Å². The molecule has 96 valence electrons. The second-order valence-corrected chi connectivity index (χ2v) is 5.97. The Kier molecular flexibility index (Phi) is 5.42. The Bertz CT molecular complexity index is 225. The first-order valence-electron chi connectivity index (χ1n) is 5.61. The summed E-state index contributed by atoms with van der Waals surface area (Å²) < 4.78 is 10.7. The minimum absolute atomic E-state index is 0.188. The fourth-order valence-electron chi connectivity index (χ4n) is 1.01. The van der Waals surface area contributed by atoms with Crippen LogP contribution in [0.4, 0.5) is 0 Å². The van der Waals surface area contributed by atoms with Crippen LogP contribution in [0.15, 0.2) is 0 Å². The molecule has 0 unspecified atom stereocenters. The number of carbonyl (C=O) groups is 1. The summed E-state index contributed by atoms with van der Waals surface area (Å²) in [6.07, 6.45) is 0.188. The van der Waals surface area contributed by atoms with Gasteiger partial charge in [0.05, 0.1) is 18.6 Å². The Morgan fingerprint density at radius 2 is 1.62 bits per heavy atom. The third-order valence-electron chi connectivity index (χ3n) is 1.58. The lowest BCUT2D eigenvalue weighted by molar-refractivity contribution is -0.155. The Labute approximate surface area is 98.5 Å². The van der Waals surface area contributed by atoms with E-state index in [0.29, 0.717) is 6.61 Å². The van der Waals surface area contributed by atoms with Crippen molar-refractivity contribution in [1.29, 1.82) is 0 Å². The summed E-state index contributed by atoms with van der Waals surface area (Å²) in [4.78, 5) is 11.4. The predicted molar refractivity (Wildman–Crippen MR) is 64.1 cm³/mol. The van der Waals surface area contributed by atoms with Crippen LogP contribution >= 0.6 is 0 Å². The zero-order chi connectivity index (χ0) is 13.0. The first-order valence-corrected chi connectivity index (χ1v) is 5.61. The summed E-state index contributed by atoms with van der Waals surface area (Å²) >= 11 is 0.